The number of phosphoric acid groups is 2. The van der Waals surface area contributed by atoms with Gasteiger partial charge in [0.05, 0.1) is 26.4 Å². The molecule has 0 radical (unpaired) electrons. The molecule has 19 heteroatoms. The lowest BCUT2D eigenvalue weighted by Gasteiger charge is -2.21. The van der Waals surface area contributed by atoms with Crippen molar-refractivity contribution < 1.29 is 80.2 Å². The molecular weight excluding hydrogens is 1230 g/mol. The number of hydrogen-bond acceptors (Lipinski definition) is 15. The zero-order valence-corrected chi connectivity index (χ0v) is 63.1. The summed E-state index contributed by atoms with van der Waals surface area (Å²) in [5.74, 6) is -0.612. The molecule has 94 heavy (non-hydrogen) atoms. The molecule has 0 aliphatic carbocycles. The second-order valence-corrected chi connectivity index (χ2v) is 30.9. The average molecular weight is 1380 g/mol. The monoisotopic (exact) mass is 1380 g/mol. The van der Waals surface area contributed by atoms with E-state index in [1.165, 1.54) is 205 Å². The molecule has 0 aromatic rings. The van der Waals surface area contributed by atoms with Gasteiger partial charge in [0.25, 0.3) is 0 Å². The Morgan fingerprint density at radius 2 is 0.489 bits per heavy atom. The summed E-state index contributed by atoms with van der Waals surface area (Å²) in [6.45, 7) is 9.57. The maximum Gasteiger partial charge on any atom is 0.472 e. The zero-order valence-electron chi connectivity index (χ0n) is 61.3. The molecule has 5 atom stereocenters. The van der Waals surface area contributed by atoms with E-state index in [4.69, 9.17) is 37.0 Å². The number of carbonyl (C=O) groups excluding carboxylic acids is 4. The number of aliphatic hydroxyl groups excluding tert-OH is 1. The van der Waals surface area contributed by atoms with Gasteiger partial charge in [-0.2, -0.15) is 0 Å². The fourth-order valence-corrected chi connectivity index (χ4v) is 13.1. The van der Waals surface area contributed by atoms with Crippen LogP contribution in [0.4, 0.5) is 0 Å². The Morgan fingerprint density at radius 1 is 0.287 bits per heavy atom. The van der Waals surface area contributed by atoms with Gasteiger partial charge in [0.1, 0.15) is 19.3 Å². The van der Waals surface area contributed by atoms with Crippen LogP contribution in [-0.4, -0.2) is 96.7 Å². The fourth-order valence-electron chi connectivity index (χ4n) is 11.5. The van der Waals surface area contributed by atoms with E-state index in [1.807, 2.05) is 0 Å². The second kappa shape index (κ2) is 66.9. The van der Waals surface area contributed by atoms with Gasteiger partial charge >= 0.3 is 39.5 Å². The van der Waals surface area contributed by atoms with E-state index < -0.39 is 97.5 Å². The normalized spacial score (nSPS) is 14.0. The molecule has 0 saturated carbocycles. The van der Waals surface area contributed by atoms with Crippen molar-refractivity contribution in [2.24, 2.45) is 11.8 Å². The summed E-state index contributed by atoms with van der Waals surface area (Å²) in [5.41, 5.74) is 0. The van der Waals surface area contributed by atoms with Gasteiger partial charge < -0.3 is 33.8 Å². The highest BCUT2D eigenvalue weighted by Crippen LogP contribution is 2.45. The first kappa shape index (κ1) is 92.1. The van der Waals surface area contributed by atoms with Crippen molar-refractivity contribution in [3.8, 4) is 0 Å². The summed E-state index contributed by atoms with van der Waals surface area (Å²) in [4.78, 5) is 72.8. The predicted octanol–water partition coefficient (Wildman–Crippen LogP) is 21.9. The van der Waals surface area contributed by atoms with E-state index in [1.54, 1.807) is 0 Å². The number of carbonyl (C=O) groups is 4. The van der Waals surface area contributed by atoms with Crippen LogP contribution in [0.2, 0.25) is 0 Å². The number of phosphoric ester groups is 2. The third kappa shape index (κ3) is 68.6. The highest BCUT2D eigenvalue weighted by atomic mass is 31.2. The van der Waals surface area contributed by atoms with Crippen molar-refractivity contribution in [3.05, 3.63) is 0 Å². The maximum atomic E-state index is 13.1. The van der Waals surface area contributed by atoms with Crippen molar-refractivity contribution in [3.63, 3.8) is 0 Å². The molecule has 0 fully saturated rings. The van der Waals surface area contributed by atoms with Gasteiger partial charge in [-0.15, -0.1) is 0 Å². The molecule has 0 bridgehead atoms. The molecule has 0 spiro atoms. The minimum absolute atomic E-state index is 0.107. The van der Waals surface area contributed by atoms with Crippen LogP contribution in [0.15, 0.2) is 0 Å². The molecule has 3 N–H and O–H groups in total. The Bertz CT molecular complexity index is 1820. The third-order valence-electron chi connectivity index (χ3n) is 17.5. The molecule has 0 heterocycles. The number of unbranched alkanes of at least 4 members (excludes halogenated alkanes) is 44. The standard InChI is InChI=1S/C75H146O17P2/c1-7-9-11-13-15-17-19-21-22-24-28-32-39-45-51-57-72(77)85-63-70(91-75(80)60-54-48-42-34-30-26-25-27-31-37-43-49-55-67(3)4)65-89-93(81,82)87-61-69(76)62-88-94(83,84)90-66-71(64-86-73(78)58-52-46-40-36-35-38-44-50-56-68(5)6)92-74(79)59-53-47-41-33-29-23-20-18-16-14-12-10-8-2/h67-71,76H,7-66H2,1-6H3,(H,81,82)(H,83,84)/t69-,70-,71-/m1/s1. The van der Waals surface area contributed by atoms with Crippen molar-refractivity contribution >= 4 is 39.5 Å². The summed E-state index contributed by atoms with van der Waals surface area (Å²) < 4.78 is 68.5. The van der Waals surface area contributed by atoms with E-state index in [2.05, 4.69) is 41.5 Å². The SMILES string of the molecule is CCCCCCCCCCCCCCCCCC(=O)OC[C@H](COP(=O)(O)OC[C@@H](O)COP(=O)(O)OC[C@@H](COC(=O)CCCCCCCCCCC(C)C)OC(=O)CCCCCCCCCCCCCCC)OC(=O)CCCCCCCCCCCCCCC(C)C. The summed E-state index contributed by atoms with van der Waals surface area (Å²) in [6.07, 6.45) is 54.0. The molecule has 0 aliphatic heterocycles. The van der Waals surface area contributed by atoms with Crippen LogP contribution >= 0.6 is 15.6 Å². The first-order valence-corrected chi connectivity index (χ1v) is 42.0. The van der Waals surface area contributed by atoms with E-state index >= 15 is 0 Å². The van der Waals surface area contributed by atoms with Crippen LogP contribution < -0.4 is 0 Å². The minimum atomic E-state index is -4.96. The number of aliphatic hydroxyl groups is 1. The van der Waals surface area contributed by atoms with Crippen molar-refractivity contribution in [1.29, 1.82) is 0 Å². The highest BCUT2D eigenvalue weighted by molar-refractivity contribution is 7.47. The topological polar surface area (TPSA) is 237 Å². The lowest BCUT2D eigenvalue weighted by Crippen LogP contribution is -2.30. The van der Waals surface area contributed by atoms with Crippen LogP contribution in [0, 0.1) is 11.8 Å². The quantitative estimate of drug-likeness (QED) is 0.0222. The molecule has 0 saturated heterocycles. The number of esters is 4. The molecule has 0 rings (SSSR count). The highest BCUT2D eigenvalue weighted by Gasteiger charge is 2.30. The van der Waals surface area contributed by atoms with Gasteiger partial charge in [-0.3, -0.25) is 37.3 Å². The lowest BCUT2D eigenvalue weighted by atomic mass is 10.0. The van der Waals surface area contributed by atoms with Crippen molar-refractivity contribution in [2.75, 3.05) is 39.6 Å². The van der Waals surface area contributed by atoms with E-state index in [9.17, 15) is 43.2 Å². The molecule has 0 aliphatic rings. The number of rotatable bonds is 74. The number of ether oxygens (including phenoxy) is 4. The molecule has 0 aromatic heterocycles. The van der Waals surface area contributed by atoms with Crippen LogP contribution in [0.1, 0.15) is 388 Å². The van der Waals surface area contributed by atoms with Crippen LogP contribution in [0.25, 0.3) is 0 Å². The summed E-state index contributed by atoms with van der Waals surface area (Å²) in [6, 6.07) is 0. The molecule has 0 aromatic carbocycles. The average Bonchev–Trinajstić information content (AvgIpc) is 2.54. The molecule has 17 nitrogen and oxygen atoms in total. The Morgan fingerprint density at radius 3 is 0.723 bits per heavy atom. The Balaban J connectivity index is 5.26. The van der Waals surface area contributed by atoms with Gasteiger partial charge in [-0.1, -0.05) is 337 Å². The first-order valence-electron chi connectivity index (χ1n) is 39.0. The summed E-state index contributed by atoms with van der Waals surface area (Å²) in [5, 5.41) is 10.6. The Labute approximate surface area is 575 Å². The summed E-state index contributed by atoms with van der Waals surface area (Å²) in [7, 11) is -9.91. The Hall–Kier alpha value is -1.94. The van der Waals surface area contributed by atoms with E-state index in [0.29, 0.717) is 25.7 Å². The van der Waals surface area contributed by atoms with Gasteiger partial charge in [-0.05, 0) is 37.5 Å². The van der Waals surface area contributed by atoms with E-state index in [0.717, 1.165) is 102 Å². The van der Waals surface area contributed by atoms with Gasteiger partial charge in [0, 0.05) is 25.7 Å². The van der Waals surface area contributed by atoms with E-state index in [-0.39, 0.29) is 25.7 Å². The number of hydrogen-bond donors (Lipinski definition) is 3. The zero-order chi connectivity index (χ0) is 69.3. The van der Waals surface area contributed by atoms with Crippen molar-refractivity contribution in [1.82, 2.24) is 0 Å². The second-order valence-electron chi connectivity index (χ2n) is 28.0. The molecule has 558 valence electrons. The van der Waals surface area contributed by atoms with Crippen molar-refractivity contribution in [2.45, 2.75) is 407 Å². The molecule has 2 unspecified atom stereocenters. The minimum Gasteiger partial charge on any atom is -0.462 e. The van der Waals surface area contributed by atoms with Gasteiger partial charge in [0.2, 0.25) is 0 Å². The van der Waals surface area contributed by atoms with Gasteiger partial charge in [0.15, 0.2) is 12.2 Å². The fraction of sp³-hybridized carbons (Fsp3) is 0.947. The Kier molecular flexibility index (Phi) is 65.5. The maximum absolute atomic E-state index is 13.1. The summed E-state index contributed by atoms with van der Waals surface area (Å²) >= 11 is 0. The van der Waals surface area contributed by atoms with Crippen LogP contribution in [0.5, 0.6) is 0 Å². The largest absolute Gasteiger partial charge is 0.472 e. The van der Waals surface area contributed by atoms with Gasteiger partial charge in [-0.25, -0.2) is 9.13 Å². The van der Waals surface area contributed by atoms with Crippen LogP contribution in [-0.2, 0) is 65.4 Å². The molecular formula is C75H146O17P2. The smallest absolute Gasteiger partial charge is 0.462 e. The predicted molar refractivity (Wildman–Crippen MR) is 381 cm³/mol. The lowest BCUT2D eigenvalue weighted by molar-refractivity contribution is -0.161. The van der Waals surface area contributed by atoms with Crippen LogP contribution in [0.3, 0.4) is 0 Å². The third-order valence-corrected chi connectivity index (χ3v) is 19.4. The molecule has 0 amide bonds. The first-order chi connectivity index (χ1) is 45.4.